The third kappa shape index (κ3) is 5.93. The van der Waals surface area contributed by atoms with Crippen LogP contribution in [0.4, 0.5) is 0 Å². The molecule has 1 heterocycles. The van der Waals surface area contributed by atoms with Gasteiger partial charge in [-0.15, -0.1) is 0 Å². The number of carbonyl (C=O) groups excluding carboxylic acids is 1. The fourth-order valence-electron chi connectivity index (χ4n) is 3.05. The smallest absolute Gasteiger partial charge is 0.309 e. The molecular formula is C20H31N3O3. The van der Waals surface area contributed by atoms with E-state index in [2.05, 4.69) is 22.1 Å². The van der Waals surface area contributed by atoms with Gasteiger partial charge in [-0.05, 0) is 45.7 Å². The highest BCUT2D eigenvalue weighted by Crippen LogP contribution is 2.19. The van der Waals surface area contributed by atoms with Crippen LogP contribution in [-0.2, 0) is 9.53 Å². The first-order chi connectivity index (χ1) is 12.5. The first-order valence-corrected chi connectivity index (χ1v) is 9.39. The van der Waals surface area contributed by atoms with E-state index in [9.17, 15) is 4.79 Å². The van der Waals surface area contributed by atoms with Gasteiger partial charge in [0.05, 0.1) is 19.1 Å². The molecule has 26 heavy (non-hydrogen) atoms. The van der Waals surface area contributed by atoms with E-state index in [1.54, 1.807) is 7.05 Å². The molecule has 1 atom stereocenters. The molecule has 1 aromatic rings. The molecule has 2 rings (SSSR count). The molecule has 0 saturated carbocycles. The van der Waals surface area contributed by atoms with Gasteiger partial charge in [-0.3, -0.25) is 9.79 Å². The van der Waals surface area contributed by atoms with Crippen molar-refractivity contribution in [2.75, 3.05) is 33.3 Å². The second kappa shape index (κ2) is 10.0. The first kappa shape index (κ1) is 20.1. The van der Waals surface area contributed by atoms with Crippen molar-refractivity contribution in [3.63, 3.8) is 0 Å². The number of hydrogen-bond acceptors (Lipinski definition) is 4. The molecule has 0 spiro atoms. The van der Waals surface area contributed by atoms with Crippen LogP contribution in [0.25, 0.3) is 0 Å². The van der Waals surface area contributed by atoms with Crippen LogP contribution in [0.2, 0.25) is 0 Å². The number of esters is 1. The number of hydrogen-bond donors (Lipinski definition) is 1. The zero-order chi connectivity index (χ0) is 18.9. The highest BCUT2D eigenvalue weighted by molar-refractivity contribution is 5.80. The van der Waals surface area contributed by atoms with E-state index < -0.39 is 0 Å². The normalized spacial score (nSPS) is 16.9. The summed E-state index contributed by atoms with van der Waals surface area (Å²) < 4.78 is 11.1. The number of nitrogens with zero attached hydrogens (tertiary/aromatic N) is 2. The predicted molar refractivity (Wildman–Crippen MR) is 104 cm³/mol. The Balaban J connectivity index is 1.77. The summed E-state index contributed by atoms with van der Waals surface area (Å²) in [6, 6.07) is 8.06. The number of carbonyl (C=O) groups is 1. The lowest BCUT2D eigenvalue weighted by Crippen LogP contribution is -2.48. The Labute approximate surface area is 156 Å². The highest BCUT2D eigenvalue weighted by Gasteiger charge is 2.27. The molecule has 0 aromatic heterocycles. The molecule has 6 heteroatoms. The maximum Gasteiger partial charge on any atom is 0.309 e. The minimum Gasteiger partial charge on any atom is -0.489 e. The van der Waals surface area contributed by atoms with Gasteiger partial charge >= 0.3 is 5.97 Å². The Bertz CT molecular complexity index is 593. The Morgan fingerprint density at radius 2 is 1.96 bits per heavy atom. The topological polar surface area (TPSA) is 63.2 Å². The van der Waals surface area contributed by atoms with Gasteiger partial charge in [0.1, 0.15) is 11.9 Å². The second-order valence-electron chi connectivity index (χ2n) is 6.68. The van der Waals surface area contributed by atoms with Gasteiger partial charge in [0.2, 0.25) is 0 Å². The van der Waals surface area contributed by atoms with Crippen molar-refractivity contribution in [3.8, 4) is 5.75 Å². The molecule has 1 saturated heterocycles. The molecule has 144 valence electrons. The van der Waals surface area contributed by atoms with Crippen LogP contribution in [0.3, 0.4) is 0 Å². The van der Waals surface area contributed by atoms with Gasteiger partial charge in [-0.1, -0.05) is 17.7 Å². The molecule has 1 aliphatic rings. The Kier molecular flexibility index (Phi) is 7.75. The number of nitrogens with one attached hydrogen (secondary N) is 1. The molecule has 0 amide bonds. The minimum atomic E-state index is -0.0739. The maximum absolute atomic E-state index is 11.9. The van der Waals surface area contributed by atoms with Gasteiger partial charge < -0.3 is 19.7 Å². The number of ether oxygens (including phenoxy) is 2. The summed E-state index contributed by atoms with van der Waals surface area (Å²) in [4.78, 5) is 18.4. The van der Waals surface area contributed by atoms with Crippen molar-refractivity contribution in [3.05, 3.63) is 29.8 Å². The fraction of sp³-hybridized carbons (Fsp3) is 0.600. The molecule has 0 bridgehead atoms. The van der Waals surface area contributed by atoms with Crippen LogP contribution in [0.15, 0.2) is 29.3 Å². The Hall–Kier alpha value is -2.24. The number of piperidine rings is 1. The van der Waals surface area contributed by atoms with Crippen LogP contribution in [0.5, 0.6) is 5.75 Å². The number of rotatable bonds is 6. The first-order valence-electron chi connectivity index (χ1n) is 9.39. The van der Waals surface area contributed by atoms with Crippen molar-refractivity contribution in [2.45, 2.75) is 39.7 Å². The molecule has 0 aliphatic carbocycles. The van der Waals surface area contributed by atoms with E-state index >= 15 is 0 Å². The summed E-state index contributed by atoms with van der Waals surface area (Å²) in [5.41, 5.74) is 1.22. The molecule has 1 aliphatic heterocycles. The van der Waals surface area contributed by atoms with Crippen LogP contribution in [0, 0.1) is 12.8 Å². The van der Waals surface area contributed by atoms with Crippen LogP contribution < -0.4 is 10.1 Å². The maximum atomic E-state index is 11.9. The Morgan fingerprint density at radius 1 is 1.31 bits per heavy atom. The summed E-state index contributed by atoms with van der Waals surface area (Å²) in [7, 11) is 1.78. The lowest BCUT2D eigenvalue weighted by Gasteiger charge is -2.33. The predicted octanol–water partition coefficient (Wildman–Crippen LogP) is 2.61. The lowest BCUT2D eigenvalue weighted by molar-refractivity contribution is -0.149. The number of benzene rings is 1. The summed E-state index contributed by atoms with van der Waals surface area (Å²) in [5, 5.41) is 3.37. The van der Waals surface area contributed by atoms with E-state index in [0.29, 0.717) is 13.2 Å². The van der Waals surface area contributed by atoms with Crippen molar-refractivity contribution >= 4 is 11.9 Å². The van der Waals surface area contributed by atoms with Crippen LogP contribution in [0.1, 0.15) is 32.3 Å². The fourth-order valence-corrected chi connectivity index (χ4v) is 3.05. The van der Waals surface area contributed by atoms with Gasteiger partial charge in [0.25, 0.3) is 0 Å². The number of likely N-dealkylation sites (tertiary alicyclic amines) is 1. The van der Waals surface area contributed by atoms with Crippen molar-refractivity contribution in [1.29, 1.82) is 0 Å². The third-order valence-electron chi connectivity index (χ3n) is 4.53. The van der Waals surface area contributed by atoms with E-state index in [0.717, 1.165) is 37.6 Å². The van der Waals surface area contributed by atoms with E-state index in [1.165, 1.54) is 5.56 Å². The summed E-state index contributed by atoms with van der Waals surface area (Å²) >= 11 is 0. The average molecular weight is 361 g/mol. The largest absolute Gasteiger partial charge is 0.489 e. The number of guanidine groups is 1. The van der Waals surface area contributed by atoms with Gasteiger partial charge in [-0.2, -0.15) is 0 Å². The molecule has 0 radical (unpaired) electrons. The Morgan fingerprint density at radius 3 is 2.54 bits per heavy atom. The number of aliphatic imine (C=N–C) groups is 1. The summed E-state index contributed by atoms with van der Waals surface area (Å²) in [6.45, 7) is 8.65. The van der Waals surface area contributed by atoms with Gasteiger partial charge in [-0.25, -0.2) is 0 Å². The number of aryl methyl sites for hydroxylation is 1. The minimum absolute atomic E-state index is 0.00750. The molecular weight excluding hydrogens is 330 g/mol. The monoisotopic (exact) mass is 361 g/mol. The average Bonchev–Trinajstić information content (AvgIpc) is 2.65. The van der Waals surface area contributed by atoms with Gasteiger partial charge in [0.15, 0.2) is 5.96 Å². The lowest BCUT2D eigenvalue weighted by atomic mass is 9.97. The van der Waals surface area contributed by atoms with Crippen LogP contribution >= 0.6 is 0 Å². The standard InChI is InChI=1S/C20H31N3O3/c1-5-25-19(24)17-10-12-23(13-11-17)20(21-4)22-14-16(3)26-18-8-6-15(2)7-9-18/h6-9,16-17H,5,10-14H2,1-4H3,(H,21,22). The molecule has 1 N–H and O–H groups in total. The van der Waals surface area contributed by atoms with Crippen molar-refractivity contribution in [1.82, 2.24) is 10.2 Å². The molecule has 1 unspecified atom stereocenters. The summed E-state index contributed by atoms with van der Waals surface area (Å²) in [5.74, 6) is 1.66. The zero-order valence-corrected chi connectivity index (χ0v) is 16.3. The van der Waals surface area contributed by atoms with Crippen molar-refractivity contribution in [2.24, 2.45) is 10.9 Å². The quantitative estimate of drug-likeness (QED) is 0.479. The van der Waals surface area contributed by atoms with Crippen LogP contribution in [-0.4, -0.2) is 56.2 Å². The van der Waals surface area contributed by atoms with Crippen molar-refractivity contribution < 1.29 is 14.3 Å². The van der Waals surface area contributed by atoms with Gasteiger partial charge in [0, 0.05) is 20.1 Å². The summed E-state index contributed by atoms with van der Waals surface area (Å²) in [6.07, 6.45) is 1.62. The third-order valence-corrected chi connectivity index (χ3v) is 4.53. The second-order valence-corrected chi connectivity index (χ2v) is 6.68. The van der Waals surface area contributed by atoms with E-state index in [1.807, 2.05) is 38.1 Å². The van der Waals surface area contributed by atoms with E-state index in [4.69, 9.17) is 9.47 Å². The SMILES string of the molecule is CCOC(=O)C1CCN(C(=NC)NCC(C)Oc2ccc(C)cc2)CC1. The highest BCUT2D eigenvalue weighted by atomic mass is 16.5. The molecule has 6 nitrogen and oxygen atoms in total. The molecule has 1 aromatic carbocycles. The molecule has 1 fully saturated rings. The van der Waals surface area contributed by atoms with E-state index in [-0.39, 0.29) is 18.0 Å². The zero-order valence-electron chi connectivity index (χ0n) is 16.3.